The average molecular weight is 377 g/mol. The highest BCUT2D eigenvalue weighted by Gasteiger charge is 2.33. The number of nitrogens with two attached hydrogens (primary N) is 1. The van der Waals surface area contributed by atoms with Crippen molar-refractivity contribution in [2.45, 2.75) is 12.1 Å². The Kier molecular flexibility index (Phi) is 4.79. The molecule has 2 N–H and O–H groups in total. The first-order valence-electron chi connectivity index (χ1n) is 9.01. The van der Waals surface area contributed by atoms with Gasteiger partial charge in [0.15, 0.2) is 5.78 Å². The fraction of sp³-hybridized carbons (Fsp3) is 0.182. The third-order valence-electron chi connectivity index (χ3n) is 5.10. The van der Waals surface area contributed by atoms with Crippen molar-refractivity contribution < 1.29 is 13.6 Å². The van der Waals surface area contributed by atoms with Gasteiger partial charge in [0.05, 0.1) is 36.2 Å². The molecule has 142 valence electrons. The maximum Gasteiger partial charge on any atom is 0.184 e. The van der Waals surface area contributed by atoms with E-state index >= 15 is 0 Å². The summed E-state index contributed by atoms with van der Waals surface area (Å²) in [6.07, 6.45) is 2.82. The minimum Gasteiger partial charge on any atom is -0.472 e. The van der Waals surface area contributed by atoms with Crippen LogP contribution in [0.1, 0.15) is 21.5 Å². The van der Waals surface area contributed by atoms with Crippen LogP contribution in [0.4, 0.5) is 10.1 Å². The number of carbonyl (C=O) groups is 1. The van der Waals surface area contributed by atoms with Gasteiger partial charge in [-0.1, -0.05) is 30.3 Å². The second-order valence-corrected chi connectivity index (χ2v) is 6.80. The number of Topliss-reactive ketones (excluding diaryl/α,β-unsaturated/α-hetero) is 1. The zero-order valence-corrected chi connectivity index (χ0v) is 15.4. The number of benzodiazepines with no additional fused rings is 1. The maximum absolute atomic E-state index is 14.1. The number of ketones is 1. The second kappa shape index (κ2) is 7.40. The summed E-state index contributed by atoms with van der Waals surface area (Å²) in [6.45, 7) is 0.307. The largest absolute Gasteiger partial charge is 0.472 e. The number of aliphatic imine (C=N–C) groups is 1. The van der Waals surface area contributed by atoms with Crippen LogP contribution >= 0.6 is 0 Å². The molecule has 5 nitrogen and oxygen atoms in total. The van der Waals surface area contributed by atoms with E-state index in [9.17, 15) is 9.18 Å². The molecule has 4 rings (SSSR count). The Bertz CT molecular complexity index is 1020. The molecule has 1 aliphatic heterocycles. The van der Waals surface area contributed by atoms with Crippen molar-refractivity contribution in [2.75, 3.05) is 18.5 Å². The van der Waals surface area contributed by atoms with E-state index in [0.29, 0.717) is 17.8 Å². The molecule has 0 amide bonds. The number of carbonyl (C=O) groups excluding carboxylic acids is 1. The van der Waals surface area contributed by atoms with Crippen molar-refractivity contribution in [2.24, 2.45) is 10.7 Å². The first-order chi connectivity index (χ1) is 13.6. The molecule has 0 spiro atoms. The molecule has 1 aliphatic rings. The highest BCUT2D eigenvalue weighted by Crippen LogP contribution is 2.29. The highest BCUT2D eigenvalue weighted by molar-refractivity contribution is 6.16. The number of rotatable bonds is 4. The summed E-state index contributed by atoms with van der Waals surface area (Å²) in [7, 11) is 1.81. The number of fused-ring (bicyclic) bond motifs is 1. The summed E-state index contributed by atoms with van der Waals surface area (Å²) in [5.74, 6) is -0.588. The molecular formula is C22H20FN3O2. The molecule has 3 aromatic rings. The Labute approximate surface area is 162 Å². The number of halogens is 1. The molecule has 0 saturated carbocycles. The maximum atomic E-state index is 14.1. The van der Waals surface area contributed by atoms with Gasteiger partial charge in [-0.15, -0.1) is 0 Å². The van der Waals surface area contributed by atoms with Crippen LogP contribution in [0.3, 0.4) is 0 Å². The Balaban J connectivity index is 1.78. The van der Waals surface area contributed by atoms with E-state index in [0.717, 1.165) is 16.8 Å². The van der Waals surface area contributed by atoms with Gasteiger partial charge in [0.1, 0.15) is 12.1 Å². The van der Waals surface area contributed by atoms with Crippen molar-refractivity contribution in [1.29, 1.82) is 0 Å². The highest BCUT2D eigenvalue weighted by atomic mass is 19.1. The van der Waals surface area contributed by atoms with Crippen LogP contribution in [0, 0.1) is 5.82 Å². The van der Waals surface area contributed by atoms with Gasteiger partial charge < -0.3 is 15.1 Å². The molecule has 1 aromatic heterocycles. The molecule has 28 heavy (non-hydrogen) atoms. The lowest BCUT2D eigenvalue weighted by Crippen LogP contribution is -2.52. The number of benzene rings is 2. The predicted molar refractivity (Wildman–Crippen MR) is 107 cm³/mol. The summed E-state index contributed by atoms with van der Waals surface area (Å²) in [6, 6.07) is 14.6. The number of furan rings is 1. The number of hydrogen-bond acceptors (Lipinski definition) is 5. The molecule has 2 heterocycles. The van der Waals surface area contributed by atoms with E-state index in [1.54, 1.807) is 12.1 Å². The molecule has 0 bridgehead atoms. The minimum absolute atomic E-state index is 0.234. The molecule has 2 aromatic carbocycles. The molecule has 0 fully saturated rings. The number of nitrogens with zero attached hydrogens (tertiary/aromatic N) is 2. The van der Waals surface area contributed by atoms with Crippen LogP contribution in [0.15, 0.2) is 76.5 Å². The van der Waals surface area contributed by atoms with Crippen molar-refractivity contribution in [3.63, 3.8) is 0 Å². The van der Waals surface area contributed by atoms with Crippen LogP contribution in [0.5, 0.6) is 0 Å². The Morgan fingerprint density at radius 3 is 2.75 bits per heavy atom. The summed E-state index contributed by atoms with van der Waals surface area (Å²) < 4.78 is 19.1. The average Bonchev–Trinajstić information content (AvgIpc) is 3.21. The van der Waals surface area contributed by atoms with Gasteiger partial charge in [0.25, 0.3) is 0 Å². The van der Waals surface area contributed by atoms with Gasteiger partial charge in [0.2, 0.25) is 0 Å². The Morgan fingerprint density at radius 2 is 2.04 bits per heavy atom. The van der Waals surface area contributed by atoms with Crippen molar-refractivity contribution in [3.05, 3.63) is 89.6 Å². The first-order valence-corrected chi connectivity index (χ1v) is 9.01. The quantitative estimate of drug-likeness (QED) is 0.708. The third-order valence-corrected chi connectivity index (χ3v) is 5.10. The Morgan fingerprint density at radius 1 is 1.25 bits per heavy atom. The van der Waals surface area contributed by atoms with Crippen LogP contribution in [0.2, 0.25) is 0 Å². The molecule has 2 atom stereocenters. The molecule has 0 aliphatic carbocycles. The first kappa shape index (κ1) is 18.1. The molecule has 0 saturated heterocycles. The zero-order valence-electron chi connectivity index (χ0n) is 15.4. The van der Waals surface area contributed by atoms with Crippen LogP contribution in [0.25, 0.3) is 0 Å². The Hall–Kier alpha value is -3.25. The van der Waals surface area contributed by atoms with Gasteiger partial charge in [-0.2, -0.15) is 0 Å². The molecule has 6 heteroatoms. The lowest BCUT2D eigenvalue weighted by Gasteiger charge is -2.32. The fourth-order valence-corrected chi connectivity index (χ4v) is 3.54. The lowest BCUT2D eigenvalue weighted by atomic mass is 9.98. The van der Waals surface area contributed by atoms with Crippen molar-refractivity contribution in [1.82, 2.24) is 0 Å². The zero-order chi connectivity index (χ0) is 19.7. The predicted octanol–water partition coefficient (Wildman–Crippen LogP) is 3.28. The third kappa shape index (κ3) is 3.23. The lowest BCUT2D eigenvalue weighted by molar-refractivity contribution is 0.0949. The van der Waals surface area contributed by atoms with E-state index in [1.165, 1.54) is 24.7 Å². The summed E-state index contributed by atoms with van der Waals surface area (Å²) in [4.78, 5) is 19.4. The van der Waals surface area contributed by atoms with Crippen molar-refractivity contribution >= 4 is 17.2 Å². The van der Waals surface area contributed by atoms with Gasteiger partial charge in [-0.3, -0.25) is 9.79 Å². The summed E-state index contributed by atoms with van der Waals surface area (Å²) >= 11 is 0. The SMILES string of the molecule is CN1c2cc(F)ccc2C(c2ccccc2)=NCC1C(N)C(=O)c1ccoc1. The topological polar surface area (TPSA) is 71.8 Å². The van der Waals surface area contributed by atoms with Gasteiger partial charge in [0, 0.05) is 23.9 Å². The van der Waals surface area contributed by atoms with Crippen molar-refractivity contribution in [3.8, 4) is 0 Å². The molecule has 2 unspecified atom stereocenters. The number of hydrogen-bond donors (Lipinski definition) is 1. The smallest absolute Gasteiger partial charge is 0.184 e. The normalized spacial score (nSPS) is 17.5. The van der Waals surface area contributed by atoms with E-state index in [2.05, 4.69) is 0 Å². The van der Waals surface area contributed by atoms with E-state index < -0.39 is 12.1 Å². The monoisotopic (exact) mass is 377 g/mol. The molecular weight excluding hydrogens is 357 g/mol. The molecule has 0 radical (unpaired) electrons. The fourth-order valence-electron chi connectivity index (χ4n) is 3.54. The van der Waals surface area contributed by atoms with Crippen LogP contribution < -0.4 is 10.6 Å². The summed E-state index contributed by atoms with van der Waals surface area (Å²) in [5, 5.41) is 0. The van der Waals surface area contributed by atoms with Crippen LogP contribution in [-0.2, 0) is 0 Å². The number of likely N-dealkylation sites (N-methyl/N-ethyl adjacent to an activating group) is 1. The summed E-state index contributed by atoms with van der Waals surface area (Å²) in [5.41, 5.74) is 9.89. The standard InChI is InChI=1S/C22H20FN3O2/c1-26-18-11-16(23)7-8-17(18)21(14-5-3-2-4-6-14)25-12-19(26)20(24)22(27)15-9-10-28-13-15/h2-11,13,19-20H,12,24H2,1H3. The van der Waals surface area contributed by atoms with Gasteiger partial charge in [-0.05, 0) is 24.3 Å². The second-order valence-electron chi connectivity index (χ2n) is 6.80. The van der Waals surface area contributed by atoms with Gasteiger partial charge >= 0.3 is 0 Å². The minimum atomic E-state index is -0.836. The van der Waals surface area contributed by atoms with E-state index in [4.69, 9.17) is 15.1 Å². The van der Waals surface area contributed by atoms with E-state index in [1.807, 2.05) is 42.3 Å². The van der Waals surface area contributed by atoms with Gasteiger partial charge in [-0.25, -0.2) is 4.39 Å². The number of anilines is 1. The van der Waals surface area contributed by atoms with Crippen LogP contribution in [-0.4, -0.2) is 37.2 Å². The van der Waals surface area contributed by atoms with E-state index in [-0.39, 0.29) is 11.6 Å².